The zero-order valence-electron chi connectivity index (χ0n) is 21.0. The average Bonchev–Trinajstić information content (AvgIpc) is 3.22. The largest absolute Gasteiger partial charge is 0.449 e. The van der Waals surface area contributed by atoms with Crippen LogP contribution in [0.5, 0.6) is 0 Å². The molecule has 2 atom stereocenters. The summed E-state index contributed by atoms with van der Waals surface area (Å²) < 4.78 is 5.53. The summed E-state index contributed by atoms with van der Waals surface area (Å²) in [5.41, 5.74) is 4.69. The van der Waals surface area contributed by atoms with Gasteiger partial charge in [-0.15, -0.1) is 0 Å². The van der Waals surface area contributed by atoms with E-state index in [0.717, 1.165) is 11.1 Å². The lowest BCUT2D eigenvalue weighted by atomic mass is 9.98. The Balaban J connectivity index is 1.14. The smallest absolute Gasteiger partial charge is 0.407 e. The number of alkyl carbamates (subject to hydrolysis) is 1. The van der Waals surface area contributed by atoms with Gasteiger partial charge in [-0.1, -0.05) is 48.5 Å². The van der Waals surface area contributed by atoms with E-state index in [1.165, 1.54) is 11.1 Å². The number of ether oxygens (including phenoxy) is 1. The van der Waals surface area contributed by atoms with Crippen LogP contribution in [0.1, 0.15) is 56.1 Å². The molecule has 0 spiro atoms. The van der Waals surface area contributed by atoms with E-state index >= 15 is 0 Å². The number of rotatable bonds is 11. The van der Waals surface area contributed by atoms with Crippen molar-refractivity contribution in [2.45, 2.75) is 57.0 Å². The zero-order chi connectivity index (χ0) is 26.2. The lowest BCUT2D eigenvalue weighted by molar-refractivity contribution is -0.137. The molecule has 4 N–H and O–H groups in total. The van der Waals surface area contributed by atoms with Crippen molar-refractivity contribution in [3.05, 3.63) is 59.7 Å². The summed E-state index contributed by atoms with van der Waals surface area (Å²) in [6.45, 7) is 3.02. The van der Waals surface area contributed by atoms with Gasteiger partial charge < -0.3 is 26.0 Å². The van der Waals surface area contributed by atoms with Crippen LogP contribution in [0.25, 0.3) is 11.1 Å². The van der Waals surface area contributed by atoms with E-state index in [0.29, 0.717) is 32.4 Å². The Morgan fingerprint density at radius 3 is 2.05 bits per heavy atom. The minimum Gasteiger partial charge on any atom is -0.449 e. The van der Waals surface area contributed by atoms with Crippen LogP contribution in [-0.2, 0) is 19.1 Å². The number of amides is 4. The third-order valence-corrected chi connectivity index (χ3v) is 6.83. The van der Waals surface area contributed by atoms with Gasteiger partial charge in [0.25, 0.3) is 0 Å². The second-order valence-corrected chi connectivity index (χ2v) is 9.36. The van der Waals surface area contributed by atoms with Gasteiger partial charge in [0.2, 0.25) is 17.7 Å². The Labute approximate surface area is 216 Å². The van der Waals surface area contributed by atoms with Crippen molar-refractivity contribution in [3.63, 3.8) is 0 Å². The molecule has 0 aromatic heterocycles. The third-order valence-electron chi connectivity index (χ3n) is 6.83. The van der Waals surface area contributed by atoms with E-state index in [4.69, 9.17) is 4.74 Å². The number of hydrogen-bond acceptors (Lipinski definition) is 5. The Kier molecular flexibility index (Phi) is 8.77. The molecule has 0 radical (unpaired) electrons. The van der Waals surface area contributed by atoms with Crippen LogP contribution >= 0.6 is 0 Å². The predicted octanol–water partition coefficient (Wildman–Crippen LogP) is 2.59. The second-order valence-electron chi connectivity index (χ2n) is 9.36. The molecule has 2 aliphatic rings. The lowest BCUT2D eigenvalue weighted by Crippen LogP contribution is -2.61. The Morgan fingerprint density at radius 1 is 0.838 bits per heavy atom. The standard InChI is InChI=1S/C28H34N4O5/c1-2-29-25(33)15-14-24-27(35)31-23(26(34)32-24)13-7-8-16-30-28(36)37-17-22-20-11-5-3-9-18(20)19-10-4-6-12-21(19)22/h3-6,9-12,22-24H,2,7-8,13-17H2,1H3,(H,29,33)(H,30,36)(H,31,35)(H,32,34)/t23-,24-/m0/s1. The van der Waals surface area contributed by atoms with Gasteiger partial charge in [0.15, 0.2) is 0 Å². The Bertz CT molecular complexity index is 1110. The summed E-state index contributed by atoms with van der Waals surface area (Å²) >= 11 is 0. The molecule has 0 saturated carbocycles. The third kappa shape index (κ3) is 6.47. The Hall–Kier alpha value is -3.88. The first-order valence-electron chi connectivity index (χ1n) is 12.9. The molecule has 9 nitrogen and oxygen atoms in total. The summed E-state index contributed by atoms with van der Waals surface area (Å²) in [6.07, 6.45) is 1.72. The van der Waals surface area contributed by atoms with Crippen molar-refractivity contribution < 1.29 is 23.9 Å². The fourth-order valence-corrected chi connectivity index (χ4v) is 4.96. The molecule has 1 saturated heterocycles. The van der Waals surface area contributed by atoms with Crippen molar-refractivity contribution in [2.75, 3.05) is 19.7 Å². The van der Waals surface area contributed by atoms with Gasteiger partial charge in [-0.2, -0.15) is 0 Å². The van der Waals surface area contributed by atoms with E-state index < -0.39 is 18.2 Å². The first-order chi connectivity index (χ1) is 18.0. The van der Waals surface area contributed by atoms with Gasteiger partial charge in [0, 0.05) is 25.4 Å². The monoisotopic (exact) mass is 506 g/mol. The number of carbonyl (C=O) groups is 4. The maximum Gasteiger partial charge on any atom is 0.407 e. The molecule has 0 unspecified atom stereocenters. The van der Waals surface area contributed by atoms with Crippen molar-refractivity contribution in [1.82, 2.24) is 21.3 Å². The molecule has 1 aliphatic carbocycles. The fourth-order valence-electron chi connectivity index (χ4n) is 4.96. The first-order valence-corrected chi connectivity index (χ1v) is 12.9. The van der Waals surface area contributed by atoms with Crippen LogP contribution in [0.15, 0.2) is 48.5 Å². The summed E-state index contributed by atoms with van der Waals surface area (Å²) in [4.78, 5) is 48.6. The molecule has 196 valence electrons. The number of piperazine rings is 1. The van der Waals surface area contributed by atoms with E-state index in [2.05, 4.69) is 45.5 Å². The molecule has 2 aromatic carbocycles. The number of fused-ring (bicyclic) bond motifs is 3. The maximum atomic E-state index is 12.4. The fraction of sp³-hybridized carbons (Fsp3) is 0.429. The molecular formula is C28H34N4O5. The average molecular weight is 507 g/mol. The molecule has 1 heterocycles. The number of hydrogen-bond donors (Lipinski definition) is 4. The molecule has 4 rings (SSSR count). The quantitative estimate of drug-likeness (QED) is 0.349. The van der Waals surface area contributed by atoms with E-state index in [1.54, 1.807) is 0 Å². The highest BCUT2D eigenvalue weighted by molar-refractivity contribution is 5.97. The van der Waals surface area contributed by atoms with Gasteiger partial charge in [0.05, 0.1) is 0 Å². The van der Waals surface area contributed by atoms with E-state index in [1.807, 2.05) is 31.2 Å². The SMILES string of the molecule is CCNC(=O)CC[C@@H]1NC(=O)[C@H](CCCCNC(=O)OCC2c3ccccc3-c3ccccc32)NC1=O. The highest BCUT2D eigenvalue weighted by Gasteiger charge is 2.33. The van der Waals surface area contributed by atoms with Crippen LogP contribution in [0.4, 0.5) is 4.79 Å². The number of benzene rings is 2. The van der Waals surface area contributed by atoms with Crippen molar-refractivity contribution in [2.24, 2.45) is 0 Å². The summed E-state index contributed by atoms with van der Waals surface area (Å²) in [7, 11) is 0. The highest BCUT2D eigenvalue weighted by Crippen LogP contribution is 2.44. The van der Waals surface area contributed by atoms with Crippen LogP contribution < -0.4 is 21.3 Å². The molecular weight excluding hydrogens is 472 g/mol. The first kappa shape index (κ1) is 26.2. The van der Waals surface area contributed by atoms with Crippen molar-refractivity contribution in [3.8, 4) is 11.1 Å². The maximum absolute atomic E-state index is 12.4. The molecule has 1 aliphatic heterocycles. The van der Waals surface area contributed by atoms with Crippen molar-refractivity contribution in [1.29, 1.82) is 0 Å². The van der Waals surface area contributed by atoms with Crippen LogP contribution in [0.2, 0.25) is 0 Å². The van der Waals surface area contributed by atoms with Crippen LogP contribution in [-0.4, -0.2) is 55.6 Å². The predicted molar refractivity (Wildman–Crippen MR) is 139 cm³/mol. The van der Waals surface area contributed by atoms with Gasteiger partial charge in [-0.3, -0.25) is 14.4 Å². The molecule has 1 fully saturated rings. The van der Waals surface area contributed by atoms with Crippen LogP contribution in [0, 0.1) is 0 Å². The summed E-state index contributed by atoms with van der Waals surface area (Å²) in [6, 6.07) is 15.1. The molecule has 37 heavy (non-hydrogen) atoms. The summed E-state index contributed by atoms with van der Waals surface area (Å²) in [5, 5.41) is 10.9. The minimum atomic E-state index is -0.693. The number of carbonyl (C=O) groups excluding carboxylic acids is 4. The molecule has 4 amide bonds. The van der Waals surface area contributed by atoms with Crippen LogP contribution in [0.3, 0.4) is 0 Å². The zero-order valence-corrected chi connectivity index (χ0v) is 21.0. The van der Waals surface area contributed by atoms with Gasteiger partial charge in [-0.25, -0.2) is 4.79 Å². The number of unbranched alkanes of at least 4 members (excludes halogenated alkanes) is 1. The lowest BCUT2D eigenvalue weighted by Gasteiger charge is -2.29. The highest BCUT2D eigenvalue weighted by atomic mass is 16.5. The summed E-state index contributed by atoms with van der Waals surface area (Å²) in [5.74, 6) is -0.650. The van der Waals surface area contributed by atoms with Gasteiger partial charge in [0.1, 0.15) is 18.7 Å². The van der Waals surface area contributed by atoms with Crippen molar-refractivity contribution >= 4 is 23.8 Å². The molecule has 2 aromatic rings. The Morgan fingerprint density at radius 2 is 1.43 bits per heavy atom. The van der Waals surface area contributed by atoms with Gasteiger partial charge >= 0.3 is 6.09 Å². The topological polar surface area (TPSA) is 126 Å². The van der Waals surface area contributed by atoms with E-state index in [-0.39, 0.29) is 43.1 Å². The van der Waals surface area contributed by atoms with E-state index in [9.17, 15) is 19.2 Å². The molecule has 9 heteroatoms. The number of nitrogens with one attached hydrogen (secondary N) is 4. The normalized spacial score (nSPS) is 18.3. The molecule has 0 bridgehead atoms. The van der Waals surface area contributed by atoms with Gasteiger partial charge in [-0.05, 0) is 54.9 Å². The second kappa shape index (κ2) is 12.4. The minimum absolute atomic E-state index is 0.0106.